The first-order valence-corrected chi connectivity index (χ1v) is 6.48. The van der Waals surface area contributed by atoms with E-state index in [0.717, 1.165) is 18.7 Å². The van der Waals surface area contributed by atoms with Gasteiger partial charge in [0.1, 0.15) is 5.75 Å². The maximum absolute atomic E-state index is 11.3. The third-order valence-corrected chi connectivity index (χ3v) is 2.74. The van der Waals surface area contributed by atoms with Crippen molar-refractivity contribution in [3.8, 4) is 5.75 Å². The third-order valence-electron chi connectivity index (χ3n) is 2.74. The van der Waals surface area contributed by atoms with E-state index in [0.29, 0.717) is 19.5 Å². The van der Waals surface area contributed by atoms with E-state index < -0.39 is 0 Å². The average molecular weight is 262 g/mol. The summed E-state index contributed by atoms with van der Waals surface area (Å²) in [4.78, 5) is 11.3. The Morgan fingerprint density at radius 3 is 2.89 bits per heavy atom. The molecule has 0 heterocycles. The van der Waals surface area contributed by atoms with Crippen molar-refractivity contribution < 1.29 is 9.53 Å². The van der Waals surface area contributed by atoms with Crippen molar-refractivity contribution in [1.29, 1.82) is 0 Å². The van der Waals surface area contributed by atoms with Gasteiger partial charge in [0.05, 0.1) is 7.11 Å². The second kappa shape index (κ2) is 9.16. The molecule has 104 valence electrons. The molecule has 0 spiro atoms. The largest absolute Gasteiger partial charge is 0.496 e. The SMILES string of the molecule is C=CCNC(=O)CCNCCc1ccccc1OC. The van der Waals surface area contributed by atoms with Crippen LogP contribution < -0.4 is 15.4 Å². The first-order valence-electron chi connectivity index (χ1n) is 6.48. The Hall–Kier alpha value is -1.81. The molecular formula is C15H22N2O2. The molecule has 0 bridgehead atoms. The number of hydrogen-bond donors (Lipinski definition) is 2. The fourth-order valence-corrected chi connectivity index (χ4v) is 1.73. The van der Waals surface area contributed by atoms with Crippen LogP contribution in [0.25, 0.3) is 0 Å². The topological polar surface area (TPSA) is 50.4 Å². The van der Waals surface area contributed by atoms with E-state index in [2.05, 4.69) is 23.3 Å². The highest BCUT2D eigenvalue weighted by atomic mass is 16.5. The summed E-state index contributed by atoms with van der Waals surface area (Å²) >= 11 is 0. The highest BCUT2D eigenvalue weighted by Gasteiger charge is 2.02. The average Bonchev–Trinajstić information content (AvgIpc) is 2.45. The lowest BCUT2D eigenvalue weighted by molar-refractivity contribution is -0.120. The minimum Gasteiger partial charge on any atom is -0.496 e. The highest BCUT2D eigenvalue weighted by molar-refractivity contribution is 5.76. The van der Waals surface area contributed by atoms with Crippen LogP contribution in [0.2, 0.25) is 0 Å². The first-order chi connectivity index (χ1) is 9.27. The number of hydrogen-bond acceptors (Lipinski definition) is 3. The molecular weight excluding hydrogens is 240 g/mol. The van der Waals surface area contributed by atoms with Gasteiger partial charge in [-0.05, 0) is 24.6 Å². The smallest absolute Gasteiger partial charge is 0.221 e. The summed E-state index contributed by atoms with van der Waals surface area (Å²) in [5.41, 5.74) is 1.17. The minimum absolute atomic E-state index is 0.0460. The lowest BCUT2D eigenvalue weighted by atomic mass is 10.1. The molecule has 0 saturated heterocycles. The highest BCUT2D eigenvalue weighted by Crippen LogP contribution is 2.17. The van der Waals surface area contributed by atoms with Crippen LogP contribution in [0, 0.1) is 0 Å². The van der Waals surface area contributed by atoms with E-state index in [9.17, 15) is 4.79 Å². The van der Waals surface area contributed by atoms with Crippen LogP contribution >= 0.6 is 0 Å². The van der Waals surface area contributed by atoms with Crippen molar-refractivity contribution in [1.82, 2.24) is 10.6 Å². The fraction of sp³-hybridized carbons (Fsp3) is 0.400. The Kier molecular flexibility index (Phi) is 7.35. The summed E-state index contributed by atoms with van der Waals surface area (Å²) in [5, 5.41) is 5.99. The normalized spacial score (nSPS) is 9.95. The third kappa shape index (κ3) is 6.06. The molecule has 1 rings (SSSR count). The summed E-state index contributed by atoms with van der Waals surface area (Å²) in [6, 6.07) is 7.97. The van der Waals surface area contributed by atoms with Gasteiger partial charge in [0.2, 0.25) is 5.91 Å². The van der Waals surface area contributed by atoms with Crippen molar-refractivity contribution >= 4 is 5.91 Å². The van der Waals surface area contributed by atoms with Crippen LogP contribution in [-0.4, -0.2) is 32.7 Å². The Morgan fingerprint density at radius 1 is 1.37 bits per heavy atom. The number of ether oxygens (including phenoxy) is 1. The summed E-state index contributed by atoms with van der Waals surface area (Å²) in [7, 11) is 1.68. The molecule has 0 aliphatic rings. The number of methoxy groups -OCH3 is 1. The van der Waals surface area contributed by atoms with E-state index in [-0.39, 0.29) is 5.91 Å². The number of benzene rings is 1. The minimum atomic E-state index is 0.0460. The summed E-state index contributed by atoms with van der Waals surface area (Å²) in [6.45, 7) is 5.59. The van der Waals surface area contributed by atoms with Gasteiger partial charge in [0, 0.05) is 19.5 Å². The Labute approximate surface area is 114 Å². The Bertz CT molecular complexity index is 405. The summed E-state index contributed by atoms with van der Waals surface area (Å²) in [6.07, 6.45) is 3.05. The van der Waals surface area contributed by atoms with Crippen LogP contribution in [-0.2, 0) is 11.2 Å². The maximum Gasteiger partial charge on any atom is 0.221 e. The Morgan fingerprint density at radius 2 is 2.16 bits per heavy atom. The molecule has 0 aliphatic carbocycles. The van der Waals surface area contributed by atoms with Crippen molar-refractivity contribution in [3.63, 3.8) is 0 Å². The lowest BCUT2D eigenvalue weighted by Crippen LogP contribution is -2.28. The molecule has 2 N–H and O–H groups in total. The molecule has 1 aromatic rings. The van der Waals surface area contributed by atoms with Gasteiger partial charge in [-0.2, -0.15) is 0 Å². The molecule has 0 unspecified atom stereocenters. The van der Waals surface area contributed by atoms with E-state index >= 15 is 0 Å². The van der Waals surface area contributed by atoms with Crippen LogP contribution in [0.15, 0.2) is 36.9 Å². The van der Waals surface area contributed by atoms with Gasteiger partial charge >= 0.3 is 0 Å². The van der Waals surface area contributed by atoms with Crippen LogP contribution in [0.3, 0.4) is 0 Å². The van der Waals surface area contributed by atoms with Crippen molar-refractivity contribution in [3.05, 3.63) is 42.5 Å². The molecule has 1 aromatic carbocycles. The molecule has 1 amide bonds. The first kappa shape index (κ1) is 15.2. The van der Waals surface area contributed by atoms with E-state index in [1.54, 1.807) is 13.2 Å². The predicted octanol–water partition coefficient (Wildman–Crippen LogP) is 1.52. The zero-order chi connectivity index (χ0) is 13.9. The van der Waals surface area contributed by atoms with Gasteiger partial charge < -0.3 is 15.4 Å². The lowest BCUT2D eigenvalue weighted by Gasteiger charge is -2.09. The number of carbonyl (C=O) groups excluding carboxylic acids is 1. The van der Waals surface area contributed by atoms with E-state index in [1.165, 1.54) is 5.56 Å². The van der Waals surface area contributed by atoms with Gasteiger partial charge in [-0.15, -0.1) is 6.58 Å². The van der Waals surface area contributed by atoms with Gasteiger partial charge in [-0.25, -0.2) is 0 Å². The van der Waals surface area contributed by atoms with Gasteiger partial charge in [-0.3, -0.25) is 4.79 Å². The fourth-order valence-electron chi connectivity index (χ4n) is 1.73. The van der Waals surface area contributed by atoms with Gasteiger partial charge in [-0.1, -0.05) is 24.3 Å². The van der Waals surface area contributed by atoms with E-state index in [1.807, 2.05) is 18.2 Å². The van der Waals surface area contributed by atoms with Crippen molar-refractivity contribution in [2.45, 2.75) is 12.8 Å². The number of rotatable bonds is 9. The molecule has 4 heteroatoms. The summed E-state index contributed by atoms with van der Waals surface area (Å²) < 4.78 is 5.28. The van der Waals surface area contributed by atoms with Crippen LogP contribution in [0.5, 0.6) is 5.75 Å². The second-order valence-corrected chi connectivity index (χ2v) is 4.15. The molecule has 0 fully saturated rings. The standard InChI is InChI=1S/C15H22N2O2/c1-3-10-17-15(18)9-12-16-11-8-13-6-4-5-7-14(13)19-2/h3-7,16H,1,8-12H2,2H3,(H,17,18). The zero-order valence-electron chi connectivity index (χ0n) is 11.4. The second-order valence-electron chi connectivity index (χ2n) is 4.15. The van der Waals surface area contributed by atoms with Crippen LogP contribution in [0.1, 0.15) is 12.0 Å². The monoisotopic (exact) mass is 262 g/mol. The zero-order valence-corrected chi connectivity index (χ0v) is 11.4. The number of nitrogens with one attached hydrogen (secondary N) is 2. The molecule has 0 radical (unpaired) electrons. The quantitative estimate of drug-likeness (QED) is 0.524. The van der Waals surface area contributed by atoms with Crippen molar-refractivity contribution in [2.75, 3.05) is 26.7 Å². The molecule has 4 nitrogen and oxygen atoms in total. The molecule has 0 aliphatic heterocycles. The predicted molar refractivity (Wildman–Crippen MR) is 77.4 cm³/mol. The van der Waals surface area contributed by atoms with E-state index in [4.69, 9.17) is 4.74 Å². The maximum atomic E-state index is 11.3. The molecule has 0 atom stereocenters. The number of carbonyl (C=O) groups is 1. The number of para-hydroxylation sites is 1. The van der Waals surface area contributed by atoms with Crippen molar-refractivity contribution in [2.24, 2.45) is 0 Å². The summed E-state index contributed by atoms with van der Waals surface area (Å²) in [5.74, 6) is 0.956. The van der Waals surface area contributed by atoms with Crippen LogP contribution in [0.4, 0.5) is 0 Å². The number of amides is 1. The molecule has 19 heavy (non-hydrogen) atoms. The van der Waals surface area contributed by atoms with Gasteiger partial charge in [0.25, 0.3) is 0 Å². The molecule has 0 aromatic heterocycles. The Balaban J connectivity index is 2.17. The van der Waals surface area contributed by atoms with Gasteiger partial charge in [0.15, 0.2) is 0 Å². The molecule has 0 saturated carbocycles.